The average Bonchev–Trinajstić information content (AvgIpc) is 3.58. The molecule has 0 aliphatic heterocycles. The molecule has 0 spiro atoms. The molecule has 6 aromatic rings. The second kappa shape index (κ2) is 11.6. The van der Waals surface area contributed by atoms with Crippen LogP contribution in [0.3, 0.4) is 0 Å². The van der Waals surface area contributed by atoms with Crippen LogP contribution in [-0.2, 0) is 21.1 Å². The van der Waals surface area contributed by atoms with Gasteiger partial charge in [-0.15, -0.1) is 0 Å². The van der Waals surface area contributed by atoms with E-state index in [1.807, 2.05) is 75.4 Å². The van der Waals surface area contributed by atoms with E-state index in [1.54, 1.807) is 12.4 Å². The van der Waals surface area contributed by atoms with Crippen molar-refractivity contribution in [2.45, 2.75) is 33.6 Å². The number of aromatic nitrogens is 4. The van der Waals surface area contributed by atoms with Crippen molar-refractivity contribution in [3.63, 3.8) is 0 Å². The van der Waals surface area contributed by atoms with E-state index in [1.165, 1.54) is 18.4 Å². The van der Waals surface area contributed by atoms with Crippen LogP contribution in [0.25, 0.3) is 55.4 Å². The standard InChI is InChI=1S/C35H34FN5O3S/c1-35(2,3)18-33(42)38-26-15-24(19-37-20-26)22-8-9-31-29(16-22)34(41-40-31)32-17-28-27(6-5-7-30(28)39-32)23-12-21(13-25(36)14-23)10-11-45(4,43)44/h5-9,12-17,19-20,39H,10-11,18H2,1-4H3,(H,38,42)(H,40,41). The van der Waals surface area contributed by atoms with Crippen LogP contribution < -0.4 is 5.32 Å². The monoisotopic (exact) mass is 623 g/mol. The Labute approximate surface area is 261 Å². The number of anilines is 1. The molecule has 230 valence electrons. The van der Waals surface area contributed by atoms with Gasteiger partial charge in [0.2, 0.25) is 5.91 Å². The van der Waals surface area contributed by atoms with Crippen molar-refractivity contribution < 1.29 is 17.6 Å². The van der Waals surface area contributed by atoms with Crippen molar-refractivity contribution in [1.29, 1.82) is 0 Å². The van der Waals surface area contributed by atoms with Gasteiger partial charge in [0.05, 0.1) is 28.8 Å². The third-order valence-corrected chi connectivity index (χ3v) is 8.50. The number of carbonyl (C=O) groups is 1. The topological polar surface area (TPSA) is 121 Å². The summed E-state index contributed by atoms with van der Waals surface area (Å²) in [6.07, 6.45) is 5.22. The Hall–Kier alpha value is -4.83. The van der Waals surface area contributed by atoms with Gasteiger partial charge in [0.1, 0.15) is 21.3 Å². The molecule has 0 saturated carbocycles. The maximum atomic E-state index is 14.7. The van der Waals surface area contributed by atoms with Crippen molar-refractivity contribution in [3.8, 4) is 33.6 Å². The molecule has 6 rings (SSSR count). The highest BCUT2D eigenvalue weighted by molar-refractivity contribution is 7.90. The smallest absolute Gasteiger partial charge is 0.224 e. The molecule has 0 fully saturated rings. The number of hydrogen-bond donors (Lipinski definition) is 3. The Morgan fingerprint density at radius 2 is 1.73 bits per heavy atom. The third-order valence-electron chi connectivity index (χ3n) is 7.56. The number of halogens is 1. The number of H-pyrrole nitrogens is 2. The third kappa shape index (κ3) is 6.96. The van der Waals surface area contributed by atoms with Gasteiger partial charge < -0.3 is 10.3 Å². The predicted molar refractivity (Wildman–Crippen MR) is 178 cm³/mol. The summed E-state index contributed by atoms with van der Waals surface area (Å²) in [6, 6.07) is 20.4. The zero-order valence-corrected chi connectivity index (χ0v) is 26.3. The molecular formula is C35H34FN5O3S. The summed E-state index contributed by atoms with van der Waals surface area (Å²) in [5.41, 5.74) is 7.64. The van der Waals surface area contributed by atoms with Crippen LogP contribution in [0.15, 0.2) is 79.1 Å². The Balaban J connectivity index is 1.34. The molecule has 0 aliphatic rings. The fourth-order valence-corrected chi connectivity index (χ4v) is 6.15. The van der Waals surface area contributed by atoms with Gasteiger partial charge in [-0.25, -0.2) is 12.8 Å². The number of sulfone groups is 1. The molecule has 45 heavy (non-hydrogen) atoms. The van der Waals surface area contributed by atoms with Crippen molar-refractivity contribution in [1.82, 2.24) is 20.2 Å². The lowest BCUT2D eigenvalue weighted by molar-refractivity contribution is -0.117. The number of aromatic amines is 2. The van der Waals surface area contributed by atoms with E-state index in [0.717, 1.165) is 49.9 Å². The first kappa shape index (κ1) is 30.2. The SMILES string of the molecule is CC(C)(C)CC(=O)Nc1cncc(-c2ccc3[nH]nc(-c4cc5c(-c6cc(F)cc(CCS(C)(=O)=O)c6)cccc5[nH]4)c3c2)c1. The second-order valence-electron chi connectivity index (χ2n) is 12.8. The van der Waals surface area contributed by atoms with Gasteiger partial charge in [-0.2, -0.15) is 5.10 Å². The minimum atomic E-state index is -3.18. The minimum Gasteiger partial charge on any atom is -0.353 e. The van der Waals surface area contributed by atoms with E-state index in [-0.39, 0.29) is 23.5 Å². The highest BCUT2D eigenvalue weighted by Gasteiger charge is 2.18. The predicted octanol–water partition coefficient (Wildman–Crippen LogP) is 7.54. The van der Waals surface area contributed by atoms with Crippen LogP contribution in [0.2, 0.25) is 0 Å². The molecule has 3 N–H and O–H groups in total. The molecule has 1 amide bonds. The summed E-state index contributed by atoms with van der Waals surface area (Å²) >= 11 is 0. The lowest BCUT2D eigenvalue weighted by Crippen LogP contribution is -2.19. The molecule has 3 aromatic carbocycles. The first-order chi connectivity index (χ1) is 21.3. The van der Waals surface area contributed by atoms with Crippen LogP contribution in [0.1, 0.15) is 32.8 Å². The van der Waals surface area contributed by atoms with Gasteiger partial charge in [-0.05, 0) is 76.6 Å². The highest BCUT2D eigenvalue weighted by atomic mass is 32.2. The van der Waals surface area contributed by atoms with Gasteiger partial charge >= 0.3 is 0 Å². The zero-order valence-electron chi connectivity index (χ0n) is 25.5. The molecule has 3 heterocycles. The number of benzene rings is 3. The summed E-state index contributed by atoms with van der Waals surface area (Å²) in [7, 11) is -3.18. The maximum absolute atomic E-state index is 14.7. The van der Waals surface area contributed by atoms with E-state index < -0.39 is 15.7 Å². The van der Waals surface area contributed by atoms with Gasteiger partial charge in [-0.3, -0.25) is 14.9 Å². The second-order valence-corrected chi connectivity index (χ2v) is 15.0. The molecular weight excluding hydrogens is 589 g/mol. The Bertz CT molecular complexity index is 2180. The normalized spacial score (nSPS) is 12.2. The van der Waals surface area contributed by atoms with Crippen molar-refractivity contribution in [3.05, 3.63) is 90.5 Å². The highest BCUT2D eigenvalue weighted by Crippen LogP contribution is 2.36. The number of amides is 1. The van der Waals surface area contributed by atoms with E-state index >= 15 is 0 Å². The summed E-state index contributed by atoms with van der Waals surface area (Å²) in [5.74, 6) is -0.521. The fraction of sp³-hybridized carbons (Fsp3) is 0.229. The number of rotatable bonds is 8. The maximum Gasteiger partial charge on any atom is 0.224 e. The number of hydrogen-bond acceptors (Lipinski definition) is 5. The van der Waals surface area contributed by atoms with Crippen molar-refractivity contribution >= 4 is 43.2 Å². The lowest BCUT2D eigenvalue weighted by atomic mass is 9.92. The zero-order chi connectivity index (χ0) is 31.9. The van der Waals surface area contributed by atoms with Gasteiger partial charge in [0.25, 0.3) is 0 Å². The van der Waals surface area contributed by atoms with Gasteiger partial charge in [0, 0.05) is 40.7 Å². The van der Waals surface area contributed by atoms with Gasteiger partial charge in [0.15, 0.2) is 0 Å². The van der Waals surface area contributed by atoms with Crippen molar-refractivity contribution in [2.75, 3.05) is 17.3 Å². The molecule has 0 saturated heterocycles. The van der Waals surface area contributed by atoms with Crippen LogP contribution >= 0.6 is 0 Å². The molecule has 0 unspecified atom stereocenters. The number of pyridine rings is 1. The molecule has 10 heteroatoms. The fourth-order valence-electron chi connectivity index (χ4n) is 5.54. The molecule has 8 nitrogen and oxygen atoms in total. The van der Waals surface area contributed by atoms with Crippen LogP contribution in [0, 0.1) is 11.2 Å². The first-order valence-corrected chi connectivity index (χ1v) is 16.7. The summed E-state index contributed by atoms with van der Waals surface area (Å²) in [5, 5.41) is 12.5. The minimum absolute atomic E-state index is 0.0468. The molecule has 0 bridgehead atoms. The molecule has 0 radical (unpaired) electrons. The molecule has 0 aliphatic carbocycles. The van der Waals surface area contributed by atoms with Crippen LogP contribution in [0.5, 0.6) is 0 Å². The largest absolute Gasteiger partial charge is 0.353 e. The van der Waals surface area contributed by atoms with Crippen molar-refractivity contribution in [2.24, 2.45) is 5.41 Å². The summed E-state index contributed by atoms with van der Waals surface area (Å²) < 4.78 is 38.1. The number of aryl methyl sites for hydroxylation is 1. The lowest BCUT2D eigenvalue weighted by Gasteiger charge is -2.17. The Kier molecular flexibility index (Phi) is 7.78. The van der Waals surface area contributed by atoms with E-state index in [2.05, 4.69) is 25.5 Å². The number of fused-ring (bicyclic) bond motifs is 2. The van der Waals surface area contributed by atoms with E-state index in [0.29, 0.717) is 23.2 Å². The van der Waals surface area contributed by atoms with Gasteiger partial charge in [-0.1, -0.05) is 45.0 Å². The molecule has 3 aromatic heterocycles. The van der Waals surface area contributed by atoms with Crippen LogP contribution in [0.4, 0.5) is 10.1 Å². The number of nitrogens with one attached hydrogen (secondary N) is 3. The number of nitrogens with zero attached hydrogens (tertiary/aromatic N) is 2. The van der Waals surface area contributed by atoms with E-state index in [4.69, 9.17) is 0 Å². The molecule has 0 atom stereocenters. The first-order valence-electron chi connectivity index (χ1n) is 14.6. The Morgan fingerprint density at radius 1 is 0.911 bits per heavy atom. The van der Waals surface area contributed by atoms with Crippen LogP contribution in [-0.4, -0.2) is 46.5 Å². The summed E-state index contributed by atoms with van der Waals surface area (Å²) in [4.78, 5) is 20.3. The quantitative estimate of drug-likeness (QED) is 0.162. The summed E-state index contributed by atoms with van der Waals surface area (Å²) in [6.45, 7) is 6.07. The van der Waals surface area contributed by atoms with E-state index in [9.17, 15) is 17.6 Å². The Morgan fingerprint density at radius 3 is 2.51 bits per heavy atom. The average molecular weight is 624 g/mol. The number of carbonyl (C=O) groups excluding carboxylic acids is 1.